The molecule has 2 aromatic carbocycles. The molecule has 0 aliphatic heterocycles. The Labute approximate surface area is 246 Å². The van der Waals surface area contributed by atoms with Crippen molar-refractivity contribution >= 4 is 29.6 Å². The Bertz CT molecular complexity index is 1170. The first-order chi connectivity index (χ1) is 20.1. The summed E-state index contributed by atoms with van der Waals surface area (Å²) in [6, 6.07) is 13.7. The highest BCUT2D eigenvalue weighted by molar-refractivity contribution is 5.95. The van der Waals surface area contributed by atoms with Gasteiger partial charge in [0.2, 0.25) is 23.6 Å². The van der Waals surface area contributed by atoms with Crippen LogP contribution in [0.4, 0.5) is 0 Å². The topological polar surface area (TPSA) is 247 Å². The number of rotatable bonds is 18. The molecule has 13 nitrogen and oxygen atoms in total. The number of benzene rings is 2. The molecular weight excluding hydrogens is 538 g/mol. The fourth-order valence-electron chi connectivity index (χ4n) is 4.23. The van der Waals surface area contributed by atoms with E-state index in [1.54, 1.807) is 30.3 Å². The van der Waals surface area contributed by atoms with Gasteiger partial charge in [0.1, 0.15) is 18.1 Å². The van der Waals surface area contributed by atoms with Crippen molar-refractivity contribution in [3.05, 3.63) is 71.8 Å². The van der Waals surface area contributed by atoms with Gasteiger partial charge in [0.25, 0.3) is 0 Å². The van der Waals surface area contributed by atoms with Crippen molar-refractivity contribution in [2.45, 2.75) is 62.7 Å². The third-order valence-corrected chi connectivity index (χ3v) is 6.50. The Morgan fingerprint density at radius 2 is 1.31 bits per heavy atom. The SMILES string of the molecule is NCCCCC(NC(=O)C(NC(=O)C(CCCN=C(N)N)NC(=O)C(N)Cc1ccccc1)c1ccccc1)C(N)=O. The van der Waals surface area contributed by atoms with E-state index in [4.69, 9.17) is 28.7 Å². The van der Waals surface area contributed by atoms with Gasteiger partial charge in [0.05, 0.1) is 6.04 Å². The minimum Gasteiger partial charge on any atom is -0.370 e. The Kier molecular flexibility index (Phi) is 14.5. The number of nitrogens with zero attached hydrogens (tertiary/aromatic N) is 1. The quantitative estimate of drug-likeness (QED) is 0.0618. The number of guanidine groups is 1. The zero-order valence-electron chi connectivity index (χ0n) is 23.7. The van der Waals surface area contributed by atoms with E-state index in [0.29, 0.717) is 37.8 Å². The Morgan fingerprint density at radius 3 is 1.90 bits per heavy atom. The van der Waals surface area contributed by atoms with Gasteiger partial charge in [-0.05, 0) is 56.2 Å². The second-order valence-corrected chi connectivity index (χ2v) is 9.91. The first kappa shape index (κ1) is 33.7. The van der Waals surface area contributed by atoms with Gasteiger partial charge >= 0.3 is 0 Å². The van der Waals surface area contributed by atoms with Crippen LogP contribution < -0.4 is 44.6 Å². The number of carbonyl (C=O) groups is 4. The fraction of sp³-hybridized carbons (Fsp3) is 0.414. The van der Waals surface area contributed by atoms with Crippen LogP contribution >= 0.6 is 0 Å². The molecule has 0 aliphatic carbocycles. The van der Waals surface area contributed by atoms with Gasteiger partial charge in [-0.2, -0.15) is 0 Å². The predicted molar refractivity (Wildman–Crippen MR) is 161 cm³/mol. The van der Waals surface area contributed by atoms with Crippen molar-refractivity contribution in [2.75, 3.05) is 13.1 Å². The van der Waals surface area contributed by atoms with Crippen LogP contribution in [-0.4, -0.2) is 60.8 Å². The molecule has 2 aromatic rings. The molecule has 2 rings (SSSR count). The third kappa shape index (κ3) is 11.9. The first-order valence-corrected chi connectivity index (χ1v) is 13.9. The molecule has 0 aromatic heterocycles. The van der Waals surface area contributed by atoms with E-state index < -0.39 is 47.8 Å². The minimum absolute atomic E-state index is 0.0961. The molecular formula is C29H43N9O4. The highest BCUT2D eigenvalue weighted by atomic mass is 16.2. The molecule has 0 aliphatic rings. The van der Waals surface area contributed by atoms with Crippen molar-refractivity contribution in [1.29, 1.82) is 0 Å². The number of nitrogens with one attached hydrogen (secondary N) is 3. The predicted octanol–water partition coefficient (Wildman–Crippen LogP) is -0.949. The number of amides is 4. The van der Waals surface area contributed by atoms with E-state index in [1.165, 1.54) is 0 Å². The van der Waals surface area contributed by atoms with Crippen LogP contribution in [0.2, 0.25) is 0 Å². The molecule has 0 saturated heterocycles. The van der Waals surface area contributed by atoms with Gasteiger partial charge in [-0.15, -0.1) is 0 Å². The maximum absolute atomic E-state index is 13.6. The number of hydrogen-bond acceptors (Lipinski definition) is 7. The third-order valence-electron chi connectivity index (χ3n) is 6.50. The molecule has 4 amide bonds. The Hall–Kier alpha value is -4.49. The van der Waals surface area contributed by atoms with Crippen LogP contribution in [0, 0.1) is 0 Å². The second kappa shape index (κ2) is 18.0. The van der Waals surface area contributed by atoms with E-state index >= 15 is 0 Å². The number of nitrogens with two attached hydrogens (primary N) is 5. The first-order valence-electron chi connectivity index (χ1n) is 13.9. The van der Waals surface area contributed by atoms with Crippen molar-refractivity contribution in [3.8, 4) is 0 Å². The largest absolute Gasteiger partial charge is 0.370 e. The molecule has 0 saturated carbocycles. The molecule has 13 heteroatoms. The van der Waals surface area contributed by atoms with E-state index in [1.807, 2.05) is 30.3 Å². The number of primary amides is 1. The van der Waals surface area contributed by atoms with Gasteiger partial charge in [0, 0.05) is 6.54 Å². The van der Waals surface area contributed by atoms with Crippen molar-refractivity contribution in [3.63, 3.8) is 0 Å². The molecule has 4 unspecified atom stereocenters. The Morgan fingerprint density at radius 1 is 0.714 bits per heavy atom. The molecule has 0 fully saturated rings. The van der Waals surface area contributed by atoms with E-state index in [0.717, 1.165) is 5.56 Å². The average Bonchev–Trinajstić information content (AvgIpc) is 2.97. The summed E-state index contributed by atoms with van der Waals surface area (Å²) in [4.78, 5) is 56.0. The summed E-state index contributed by atoms with van der Waals surface area (Å²) >= 11 is 0. The summed E-state index contributed by atoms with van der Waals surface area (Å²) in [6.45, 7) is 0.664. The fourth-order valence-corrected chi connectivity index (χ4v) is 4.23. The highest BCUT2D eigenvalue weighted by Crippen LogP contribution is 2.15. The highest BCUT2D eigenvalue weighted by Gasteiger charge is 2.30. The number of aliphatic imine (C=N–C) groups is 1. The van der Waals surface area contributed by atoms with Crippen LogP contribution in [0.3, 0.4) is 0 Å². The van der Waals surface area contributed by atoms with E-state index in [-0.39, 0.29) is 25.3 Å². The zero-order chi connectivity index (χ0) is 30.9. The van der Waals surface area contributed by atoms with Crippen molar-refractivity contribution < 1.29 is 19.2 Å². The average molecular weight is 582 g/mol. The van der Waals surface area contributed by atoms with Gasteiger partial charge in [-0.25, -0.2) is 0 Å². The van der Waals surface area contributed by atoms with Gasteiger partial charge < -0.3 is 44.6 Å². The maximum Gasteiger partial charge on any atom is 0.247 e. The lowest BCUT2D eigenvalue weighted by Crippen LogP contribution is -2.55. The summed E-state index contributed by atoms with van der Waals surface area (Å²) in [5.41, 5.74) is 29.4. The molecule has 42 heavy (non-hydrogen) atoms. The van der Waals surface area contributed by atoms with Gasteiger partial charge in [0.15, 0.2) is 5.96 Å². The summed E-state index contributed by atoms with van der Waals surface area (Å²) < 4.78 is 0. The second-order valence-electron chi connectivity index (χ2n) is 9.91. The van der Waals surface area contributed by atoms with Crippen LogP contribution in [0.1, 0.15) is 49.3 Å². The molecule has 0 heterocycles. The standard InChI is InChI=1S/C29H43N9O4/c30-16-8-7-14-22(25(32)39)36-28(42)24(20-12-5-2-6-13-20)38-27(41)23(15-9-17-35-29(33)34)37-26(40)21(31)18-19-10-3-1-4-11-19/h1-6,10-13,21-24H,7-9,14-18,30-31H2,(H2,32,39)(H,36,42)(H,37,40)(H,38,41)(H4,33,34,35). The van der Waals surface area contributed by atoms with Crippen molar-refractivity contribution in [1.82, 2.24) is 16.0 Å². The maximum atomic E-state index is 13.6. The minimum atomic E-state index is -1.18. The summed E-state index contributed by atoms with van der Waals surface area (Å²) in [6.07, 6.45) is 2.33. The smallest absolute Gasteiger partial charge is 0.247 e. The van der Waals surface area contributed by atoms with Crippen LogP contribution in [0.5, 0.6) is 0 Å². The number of hydrogen-bond donors (Lipinski definition) is 8. The lowest BCUT2D eigenvalue weighted by atomic mass is 10.0. The van der Waals surface area contributed by atoms with Gasteiger partial charge in [-0.1, -0.05) is 60.7 Å². The van der Waals surface area contributed by atoms with Crippen LogP contribution in [-0.2, 0) is 25.6 Å². The molecule has 0 spiro atoms. The van der Waals surface area contributed by atoms with E-state index in [2.05, 4.69) is 20.9 Å². The summed E-state index contributed by atoms with van der Waals surface area (Å²) in [5, 5.41) is 8.08. The molecule has 0 bridgehead atoms. The van der Waals surface area contributed by atoms with E-state index in [9.17, 15) is 19.2 Å². The van der Waals surface area contributed by atoms with Crippen LogP contribution in [0.15, 0.2) is 65.7 Å². The molecule has 4 atom stereocenters. The summed E-state index contributed by atoms with van der Waals surface area (Å²) in [5.74, 6) is -2.58. The molecule has 228 valence electrons. The van der Waals surface area contributed by atoms with Gasteiger partial charge in [-0.3, -0.25) is 24.2 Å². The van der Waals surface area contributed by atoms with Crippen LogP contribution in [0.25, 0.3) is 0 Å². The normalized spacial score (nSPS) is 13.6. The number of carbonyl (C=O) groups excluding carboxylic acids is 4. The lowest BCUT2D eigenvalue weighted by Gasteiger charge is -2.26. The summed E-state index contributed by atoms with van der Waals surface area (Å²) in [7, 11) is 0. The monoisotopic (exact) mass is 581 g/mol. The zero-order valence-corrected chi connectivity index (χ0v) is 23.7. The molecule has 13 N–H and O–H groups in total. The Balaban J connectivity index is 2.23. The lowest BCUT2D eigenvalue weighted by molar-refractivity contribution is -0.133. The molecule has 0 radical (unpaired) electrons. The van der Waals surface area contributed by atoms with Crippen molar-refractivity contribution in [2.24, 2.45) is 33.7 Å². The number of unbranched alkanes of at least 4 members (excludes halogenated alkanes) is 1.